The van der Waals surface area contributed by atoms with Gasteiger partial charge in [-0.05, 0) is 37.3 Å². The second-order valence-corrected chi connectivity index (χ2v) is 8.41. The van der Waals surface area contributed by atoms with Crippen molar-refractivity contribution in [3.05, 3.63) is 29.8 Å². The average Bonchev–Trinajstić information content (AvgIpc) is 2.83. The Morgan fingerprint density at radius 3 is 2.37 bits per heavy atom. The normalized spacial score (nSPS) is 22.8. The highest BCUT2D eigenvalue weighted by molar-refractivity contribution is 6.00. The Hall–Kier alpha value is -2.12. The molecule has 30 heavy (non-hydrogen) atoms. The predicted octanol–water partition coefficient (Wildman–Crippen LogP) is 2.01. The number of carbonyl (C=O) groups excluding carboxylic acids is 2. The molecule has 7 heteroatoms. The van der Waals surface area contributed by atoms with Crippen LogP contribution in [0.1, 0.15) is 36.0 Å². The summed E-state index contributed by atoms with van der Waals surface area (Å²) in [5.74, 6) is 0.726. The van der Waals surface area contributed by atoms with E-state index in [-0.39, 0.29) is 11.8 Å². The third-order valence-electron chi connectivity index (χ3n) is 6.42. The molecular formula is C23H33N3O4. The van der Waals surface area contributed by atoms with Gasteiger partial charge in [0.2, 0.25) is 5.91 Å². The minimum absolute atomic E-state index is 0.112. The van der Waals surface area contributed by atoms with Gasteiger partial charge in [0.15, 0.2) is 0 Å². The van der Waals surface area contributed by atoms with Crippen LogP contribution in [0, 0.1) is 5.92 Å². The van der Waals surface area contributed by atoms with Crippen LogP contribution in [0.2, 0.25) is 0 Å². The fourth-order valence-corrected chi connectivity index (χ4v) is 4.69. The maximum Gasteiger partial charge on any atom is 0.255 e. The second kappa shape index (κ2) is 10.3. The van der Waals surface area contributed by atoms with Gasteiger partial charge in [0.1, 0.15) is 0 Å². The van der Waals surface area contributed by atoms with Gasteiger partial charge in [-0.25, -0.2) is 0 Å². The van der Waals surface area contributed by atoms with E-state index < -0.39 is 0 Å². The zero-order valence-corrected chi connectivity index (χ0v) is 17.8. The Bertz CT molecular complexity index is 729. The van der Waals surface area contributed by atoms with Crippen molar-refractivity contribution in [2.75, 3.05) is 70.6 Å². The number of hydrogen-bond acceptors (Lipinski definition) is 5. The fraction of sp³-hybridized carbons (Fsp3) is 0.652. The van der Waals surface area contributed by atoms with Gasteiger partial charge in [-0.15, -0.1) is 0 Å². The summed E-state index contributed by atoms with van der Waals surface area (Å²) in [5.41, 5.74) is 1.79. The molecule has 0 spiro atoms. The molecule has 4 rings (SSSR count). The van der Waals surface area contributed by atoms with Gasteiger partial charge in [0, 0.05) is 51.4 Å². The van der Waals surface area contributed by atoms with Crippen LogP contribution in [0.4, 0.5) is 5.69 Å². The van der Waals surface area contributed by atoms with Gasteiger partial charge in [0.25, 0.3) is 5.91 Å². The van der Waals surface area contributed by atoms with Crippen LogP contribution in [0.25, 0.3) is 0 Å². The van der Waals surface area contributed by atoms with Gasteiger partial charge in [-0.3, -0.25) is 9.59 Å². The van der Waals surface area contributed by atoms with Crippen molar-refractivity contribution in [1.82, 2.24) is 9.80 Å². The largest absolute Gasteiger partial charge is 0.378 e. The van der Waals surface area contributed by atoms with Gasteiger partial charge in [-0.1, -0.05) is 12.1 Å². The highest BCUT2D eigenvalue weighted by Gasteiger charge is 2.28. The first kappa shape index (κ1) is 21.1. The molecule has 3 saturated heterocycles. The number of carbonyl (C=O) groups is 2. The molecule has 3 aliphatic rings. The lowest BCUT2D eigenvalue weighted by molar-refractivity contribution is -0.135. The lowest BCUT2D eigenvalue weighted by atomic mass is 9.92. The number of rotatable bonds is 5. The minimum Gasteiger partial charge on any atom is -0.378 e. The van der Waals surface area contributed by atoms with E-state index in [1.807, 2.05) is 34.1 Å². The monoisotopic (exact) mass is 415 g/mol. The maximum absolute atomic E-state index is 13.4. The van der Waals surface area contributed by atoms with Gasteiger partial charge in [-0.2, -0.15) is 0 Å². The van der Waals surface area contributed by atoms with Gasteiger partial charge in [0.05, 0.1) is 32.0 Å². The van der Waals surface area contributed by atoms with Crippen LogP contribution in [0.3, 0.4) is 0 Å². The van der Waals surface area contributed by atoms with E-state index >= 15 is 0 Å². The number of piperidine rings is 1. The quantitative estimate of drug-likeness (QED) is 0.736. The summed E-state index contributed by atoms with van der Waals surface area (Å²) in [6, 6.07) is 7.93. The highest BCUT2D eigenvalue weighted by Crippen LogP contribution is 2.27. The summed E-state index contributed by atoms with van der Waals surface area (Å²) < 4.78 is 10.8. The summed E-state index contributed by atoms with van der Waals surface area (Å²) in [5, 5.41) is 0. The summed E-state index contributed by atoms with van der Waals surface area (Å²) in [6.45, 7) is 7.25. The van der Waals surface area contributed by atoms with Crippen molar-refractivity contribution in [2.24, 2.45) is 5.92 Å². The Balaban J connectivity index is 1.35. The molecule has 3 heterocycles. The molecule has 164 valence electrons. The predicted molar refractivity (Wildman–Crippen MR) is 115 cm³/mol. The van der Waals surface area contributed by atoms with Crippen molar-refractivity contribution in [3.8, 4) is 0 Å². The van der Waals surface area contributed by atoms with E-state index in [2.05, 4.69) is 4.90 Å². The Kier molecular flexibility index (Phi) is 7.23. The number of ether oxygens (including phenoxy) is 2. The van der Waals surface area contributed by atoms with Crippen molar-refractivity contribution in [2.45, 2.75) is 25.7 Å². The van der Waals surface area contributed by atoms with E-state index in [0.717, 1.165) is 56.7 Å². The molecule has 0 aliphatic carbocycles. The van der Waals surface area contributed by atoms with Gasteiger partial charge < -0.3 is 24.2 Å². The van der Waals surface area contributed by atoms with Gasteiger partial charge >= 0.3 is 0 Å². The van der Waals surface area contributed by atoms with E-state index in [1.54, 1.807) is 0 Å². The minimum atomic E-state index is 0.112. The number of likely N-dealkylation sites (tertiary alicyclic amines) is 1. The van der Waals surface area contributed by atoms with E-state index in [1.165, 1.54) is 0 Å². The average molecular weight is 416 g/mol. The summed E-state index contributed by atoms with van der Waals surface area (Å²) in [6.07, 6.45) is 3.51. The summed E-state index contributed by atoms with van der Waals surface area (Å²) >= 11 is 0. The molecule has 0 unspecified atom stereocenters. The molecule has 1 atom stereocenters. The molecule has 2 amide bonds. The van der Waals surface area contributed by atoms with Crippen molar-refractivity contribution >= 4 is 17.5 Å². The molecule has 0 saturated carbocycles. The first-order valence-electron chi connectivity index (χ1n) is 11.3. The van der Waals surface area contributed by atoms with Crippen LogP contribution in [0.15, 0.2) is 24.3 Å². The highest BCUT2D eigenvalue weighted by atomic mass is 16.5. The van der Waals surface area contributed by atoms with Crippen LogP contribution >= 0.6 is 0 Å². The molecule has 1 aromatic rings. The third-order valence-corrected chi connectivity index (χ3v) is 6.42. The second-order valence-electron chi connectivity index (χ2n) is 8.41. The lowest BCUT2D eigenvalue weighted by Gasteiger charge is -2.35. The molecule has 0 radical (unpaired) electrons. The standard InChI is InChI=1S/C23H33N3O4/c27-22(25-12-16-30-17-13-25)8-7-19-4-3-9-26(18-19)23(28)20-5-1-2-6-21(20)24-10-14-29-15-11-24/h1-2,5-6,19H,3-4,7-18H2/t19-/m0/s1. The number of para-hydroxylation sites is 1. The number of benzene rings is 1. The molecule has 3 aliphatic heterocycles. The van der Waals surface area contributed by atoms with Crippen LogP contribution in [-0.2, 0) is 14.3 Å². The molecule has 0 N–H and O–H groups in total. The third kappa shape index (κ3) is 5.13. The first-order chi connectivity index (χ1) is 14.7. The molecule has 0 aromatic heterocycles. The van der Waals surface area contributed by atoms with Crippen LogP contribution in [0.5, 0.6) is 0 Å². The van der Waals surface area contributed by atoms with Crippen LogP contribution < -0.4 is 4.90 Å². The van der Waals surface area contributed by atoms with E-state index in [0.29, 0.717) is 51.9 Å². The first-order valence-corrected chi connectivity index (χ1v) is 11.3. The van der Waals surface area contributed by atoms with Crippen molar-refractivity contribution < 1.29 is 19.1 Å². The summed E-state index contributed by atoms with van der Waals surface area (Å²) in [4.78, 5) is 32.0. The maximum atomic E-state index is 13.4. The number of morpholine rings is 2. The van der Waals surface area contributed by atoms with Crippen molar-refractivity contribution in [3.63, 3.8) is 0 Å². The number of amides is 2. The number of hydrogen-bond donors (Lipinski definition) is 0. The molecule has 7 nitrogen and oxygen atoms in total. The molecular weight excluding hydrogens is 382 g/mol. The zero-order valence-electron chi connectivity index (χ0n) is 17.8. The summed E-state index contributed by atoms with van der Waals surface area (Å²) in [7, 11) is 0. The lowest BCUT2D eigenvalue weighted by Crippen LogP contribution is -2.43. The Labute approximate surface area is 178 Å². The Morgan fingerprint density at radius 1 is 0.900 bits per heavy atom. The van der Waals surface area contributed by atoms with Crippen molar-refractivity contribution in [1.29, 1.82) is 0 Å². The van der Waals surface area contributed by atoms with E-state index in [9.17, 15) is 9.59 Å². The molecule has 0 bridgehead atoms. The van der Waals surface area contributed by atoms with Crippen LogP contribution in [-0.4, -0.2) is 87.3 Å². The smallest absolute Gasteiger partial charge is 0.255 e. The molecule has 3 fully saturated rings. The molecule has 1 aromatic carbocycles. The SMILES string of the molecule is O=C(CC[C@@H]1CCCN(C(=O)c2ccccc2N2CCOCC2)C1)N1CCOCC1. The topological polar surface area (TPSA) is 62.3 Å². The fourth-order valence-electron chi connectivity index (χ4n) is 4.69. The Morgan fingerprint density at radius 2 is 1.60 bits per heavy atom. The zero-order chi connectivity index (χ0) is 20.8. The van der Waals surface area contributed by atoms with E-state index in [4.69, 9.17) is 9.47 Å². The number of anilines is 1. The number of nitrogens with zero attached hydrogens (tertiary/aromatic N) is 3.